The van der Waals surface area contributed by atoms with Gasteiger partial charge in [-0.3, -0.25) is 9.10 Å². The Kier molecular flexibility index (Phi) is 8.38. The van der Waals surface area contributed by atoms with Gasteiger partial charge in [0.25, 0.3) is 0 Å². The second-order valence-electron chi connectivity index (χ2n) is 7.51. The maximum absolute atomic E-state index is 12.8. The van der Waals surface area contributed by atoms with Gasteiger partial charge in [0, 0.05) is 18.8 Å². The molecule has 0 aliphatic carbocycles. The fourth-order valence-electron chi connectivity index (χ4n) is 3.32. The largest absolute Gasteiger partial charge is 0.465 e. The van der Waals surface area contributed by atoms with E-state index in [4.69, 9.17) is 16.3 Å². The molecule has 2 aromatic carbocycles. The topological polar surface area (TPSA) is 139 Å². The average molecular weight is 546 g/mol. The van der Waals surface area contributed by atoms with Crippen LogP contribution in [0.4, 0.5) is 11.4 Å². The van der Waals surface area contributed by atoms with Gasteiger partial charge in [-0.15, -0.1) is 0 Å². The van der Waals surface area contributed by atoms with Crippen LogP contribution in [0.3, 0.4) is 0 Å². The van der Waals surface area contributed by atoms with Crippen LogP contribution in [0.25, 0.3) is 0 Å². The molecule has 2 aromatic rings. The van der Waals surface area contributed by atoms with Crippen LogP contribution in [-0.4, -0.2) is 79.2 Å². The molecule has 1 aliphatic heterocycles. The number of nitrogens with one attached hydrogen (secondary N) is 1. The molecular formula is C21H24ClN3O8S2. The lowest BCUT2D eigenvalue weighted by molar-refractivity contribution is -0.114. The Balaban J connectivity index is 1.79. The summed E-state index contributed by atoms with van der Waals surface area (Å²) in [4.78, 5) is 24.4. The van der Waals surface area contributed by atoms with E-state index in [0.29, 0.717) is 13.2 Å². The first kappa shape index (κ1) is 26.9. The van der Waals surface area contributed by atoms with Crippen molar-refractivity contribution in [3.8, 4) is 0 Å². The maximum Gasteiger partial charge on any atom is 0.339 e. The molecule has 35 heavy (non-hydrogen) atoms. The number of hydrogen-bond donors (Lipinski definition) is 1. The highest BCUT2D eigenvalue weighted by atomic mass is 35.5. The molecule has 0 saturated carbocycles. The Bertz CT molecular complexity index is 1310. The zero-order valence-corrected chi connectivity index (χ0v) is 21.3. The highest BCUT2D eigenvalue weighted by molar-refractivity contribution is 7.92. The second-order valence-corrected chi connectivity index (χ2v) is 11.8. The van der Waals surface area contributed by atoms with E-state index in [-0.39, 0.29) is 39.9 Å². The predicted octanol–water partition coefficient (Wildman–Crippen LogP) is 1.55. The minimum atomic E-state index is -3.91. The van der Waals surface area contributed by atoms with E-state index in [1.54, 1.807) is 0 Å². The Morgan fingerprint density at radius 1 is 1.09 bits per heavy atom. The number of rotatable bonds is 8. The predicted molar refractivity (Wildman–Crippen MR) is 130 cm³/mol. The molecule has 1 aliphatic rings. The lowest BCUT2D eigenvalue weighted by Crippen LogP contribution is -2.40. The van der Waals surface area contributed by atoms with E-state index in [1.807, 2.05) is 0 Å². The van der Waals surface area contributed by atoms with Crippen LogP contribution >= 0.6 is 11.6 Å². The van der Waals surface area contributed by atoms with Crippen LogP contribution < -0.4 is 9.62 Å². The number of sulfonamides is 2. The van der Waals surface area contributed by atoms with Crippen molar-refractivity contribution in [2.45, 2.75) is 4.90 Å². The van der Waals surface area contributed by atoms with Crippen molar-refractivity contribution in [3.63, 3.8) is 0 Å². The SMILES string of the molecule is COC(=O)c1cc(NC(=O)CN(c2ccc(S(=O)(=O)N3CCOCC3)cc2)S(C)(=O)=O)ccc1Cl. The van der Waals surface area contributed by atoms with Crippen LogP contribution in [0.15, 0.2) is 47.4 Å². The lowest BCUT2D eigenvalue weighted by atomic mass is 10.2. The average Bonchev–Trinajstić information content (AvgIpc) is 2.83. The van der Waals surface area contributed by atoms with E-state index in [9.17, 15) is 26.4 Å². The van der Waals surface area contributed by atoms with Crippen LogP contribution in [-0.2, 0) is 34.3 Å². The molecule has 11 nitrogen and oxygen atoms in total. The summed E-state index contributed by atoms with van der Waals surface area (Å²) in [6.45, 7) is 0.445. The van der Waals surface area contributed by atoms with Crippen molar-refractivity contribution in [1.29, 1.82) is 0 Å². The van der Waals surface area contributed by atoms with Crippen molar-refractivity contribution >= 4 is 54.9 Å². The summed E-state index contributed by atoms with van der Waals surface area (Å²) in [5.74, 6) is -1.39. The number of benzene rings is 2. The summed E-state index contributed by atoms with van der Waals surface area (Å²) in [6, 6.07) is 9.37. The molecule has 0 radical (unpaired) electrons. The van der Waals surface area contributed by atoms with Crippen molar-refractivity contribution in [3.05, 3.63) is 53.1 Å². The molecule has 1 amide bonds. The van der Waals surface area contributed by atoms with Gasteiger partial charge in [0.15, 0.2) is 0 Å². The van der Waals surface area contributed by atoms with Crippen molar-refractivity contribution in [2.75, 3.05) is 55.8 Å². The maximum atomic E-state index is 12.8. The number of carbonyl (C=O) groups excluding carboxylic acids is 2. The van der Waals surface area contributed by atoms with Crippen LogP contribution in [0.1, 0.15) is 10.4 Å². The quantitative estimate of drug-likeness (QED) is 0.493. The minimum Gasteiger partial charge on any atom is -0.465 e. The van der Waals surface area contributed by atoms with Gasteiger partial charge >= 0.3 is 5.97 Å². The Morgan fingerprint density at radius 3 is 2.29 bits per heavy atom. The molecular weight excluding hydrogens is 522 g/mol. The number of hydrogen-bond acceptors (Lipinski definition) is 8. The molecule has 0 aromatic heterocycles. The number of nitrogens with zero attached hydrogens (tertiary/aromatic N) is 2. The summed E-state index contributed by atoms with van der Waals surface area (Å²) in [7, 11) is -6.48. The van der Waals surface area contributed by atoms with E-state index in [1.165, 1.54) is 53.9 Å². The number of amides is 1. The van der Waals surface area contributed by atoms with Gasteiger partial charge in [0.2, 0.25) is 26.0 Å². The molecule has 0 atom stereocenters. The monoisotopic (exact) mass is 545 g/mol. The van der Waals surface area contributed by atoms with Crippen LogP contribution in [0, 0.1) is 0 Å². The number of ether oxygens (including phenoxy) is 2. The van der Waals surface area contributed by atoms with Crippen molar-refractivity contribution in [1.82, 2.24) is 4.31 Å². The molecule has 14 heteroatoms. The van der Waals surface area contributed by atoms with Crippen molar-refractivity contribution < 1.29 is 35.9 Å². The van der Waals surface area contributed by atoms with E-state index in [2.05, 4.69) is 10.1 Å². The number of morpholine rings is 1. The molecule has 190 valence electrons. The third-order valence-electron chi connectivity index (χ3n) is 5.08. The summed E-state index contributed by atoms with van der Waals surface area (Å²) in [5, 5.41) is 2.64. The molecule has 1 N–H and O–H groups in total. The normalized spacial score (nSPS) is 14.8. The molecule has 1 fully saturated rings. The summed E-state index contributed by atoms with van der Waals surface area (Å²) >= 11 is 5.97. The van der Waals surface area contributed by atoms with Gasteiger partial charge in [-0.25, -0.2) is 21.6 Å². The molecule has 1 saturated heterocycles. The summed E-state index contributed by atoms with van der Waals surface area (Å²) < 4.78 is 62.4. The first-order valence-corrected chi connectivity index (χ1v) is 13.9. The third kappa shape index (κ3) is 6.49. The highest BCUT2D eigenvalue weighted by Crippen LogP contribution is 2.24. The Labute approximate surface area is 208 Å². The van der Waals surface area contributed by atoms with E-state index < -0.39 is 38.5 Å². The smallest absolute Gasteiger partial charge is 0.339 e. The molecule has 0 bridgehead atoms. The molecule has 1 heterocycles. The van der Waals surface area contributed by atoms with Gasteiger partial charge in [-0.1, -0.05) is 11.6 Å². The van der Waals surface area contributed by atoms with Gasteiger partial charge < -0.3 is 14.8 Å². The van der Waals surface area contributed by atoms with Gasteiger partial charge in [-0.05, 0) is 42.5 Å². The number of methoxy groups -OCH3 is 1. The number of anilines is 2. The minimum absolute atomic E-state index is 0.00226. The van der Waals surface area contributed by atoms with Gasteiger partial charge in [-0.2, -0.15) is 4.31 Å². The van der Waals surface area contributed by atoms with Gasteiger partial charge in [0.1, 0.15) is 6.54 Å². The molecule has 0 spiro atoms. The highest BCUT2D eigenvalue weighted by Gasteiger charge is 2.27. The first-order chi connectivity index (χ1) is 16.4. The van der Waals surface area contributed by atoms with Gasteiger partial charge in [0.05, 0.1) is 47.7 Å². The van der Waals surface area contributed by atoms with E-state index in [0.717, 1.165) is 10.6 Å². The summed E-state index contributed by atoms with van der Waals surface area (Å²) in [6.07, 6.45) is 0.927. The Morgan fingerprint density at radius 2 is 1.71 bits per heavy atom. The van der Waals surface area contributed by atoms with E-state index >= 15 is 0 Å². The standard InChI is InChI=1S/C21H24ClN3O8S2/c1-32-21(27)18-13-15(3-8-19(18)22)23-20(26)14-25(34(2,28)29)16-4-6-17(7-5-16)35(30,31)24-9-11-33-12-10-24/h3-8,13H,9-12,14H2,1-2H3,(H,23,26). The fourth-order valence-corrected chi connectivity index (χ4v) is 5.78. The first-order valence-electron chi connectivity index (χ1n) is 10.3. The third-order valence-corrected chi connectivity index (χ3v) is 8.46. The number of esters is 1. The number of halogens is 1. The summed E-state index contributed by atoms with van der Waals surface area (Å²) in [5.41, 5.74) is 0.346. The molecule has 0 unspecified atom stereocenters. The zero-order chi connectivity index (χ0) is 25.8. The fraction of sp³-hybridized carbons (Fsp3) is 0.333. The zero-order valence-electron chi connectivity index (χ0n) is 18.9. The van der Waals surface area contributed by atoms with Crippen molar-refractivity contribution in [2.24, 2.45) is 0 Å². The van der Waals surface area contributed by atoms with Crippen LogP contribution in [0.2, 0.25) is 5.02 Å². The number of carbonyl (C=O) groups is 2. The molecule has 3 rings (SSSR count). The lowest BCUT2D eigenvalue weighted by Gasteiger charge is -2.26. The van der Waals surface area contributed by atoms with Crippen LogP contribution in [0.5, 0.6) is 0 Å². The Hall–Kier alpha value is -2.71. The second kappa shape index (κ2) is 10.9.